The zero-order valence-corrected chi connectivity index (χ0v) is 17.2. The van der Waals surface area contributed by atoms with Gasteiger partial charge in [-0.3, -0.25) is 4.98 Å². The van der Waals surface area contributed by atoms with Crippen molar-refractivity contribution in [1.29, 1.82) is 0 Å². The molecule has 2 heterocycles. The predicted molar refractivity (Wildman–Crippen MR) is 118 cm³/mol. The van der Waals surface area contributed by atoms with Crippen molar-refractivity contribution in [3.63, 3.8) is 0 Å². The summed E-state index contributed by atoms with van der Waals surface area (Å²) in [5.74, 6) is 1.94. The van der Waals surface area contributed by atoms with Gasteiger partial charge in [-0.1, -0.05) is 26.0 Å². The van der Waals surface area contributed by atoms with E-state index in [2.05, 4.69) is 29.1 Å². The number of benzene rings is 2. The topological polar surface area (TPSA) is 59.9 Å². The van der Waals surface area contributed by atoms with Crippen LogP contribution in [-0.4, -0.2) is 28.6 Å². The standard InChI is InChI=1S/C24H23FN4O/c1-15(2)14-30-21-12-18(16-6-4-8-19(25)10-16)11-20-22(21)28-23(29-24(20)26-3)17-7-5-9-27-13-17/h4-13,15H,14H2,1-3H3,(H,26,28,29). The maximum atomic E-state index is 13.8. The number of rotatable bonds is 6. The van der Waals surface area contributed by atoms with E-state index < -0.39 is 0 Å². The molecule has 0 amide bonds. The van der Waals surface area contributed by atoms with Gasteiger partial charge in [0.15, 0.2) is 5.82 Å². The normalized spacial score (nSPS) is 11.1. The summed E-state index contributed by atoms with van der Waals surface area (Å²) >= 11 is 0. The second kappa shape index (κ2) is 8.45. The Morgan fingerprint density at radius 3 is 2.53 bits per heavy atom. The third-order valence-electron chi connectivity index (χ3n) is 4.65. The number of nitrogens with one attached hydrogen (secondary N) is 1. The number of hydrogen-bond acceptors (Lipinski definition) is 5. The molecule has 0 aliphatic heterocycles. The molecule has 0 radical (unpaired) electrons. The van der Waals surface area contributed by atoms with E-state index in [-0.39, 0.29) is 5.82 Å². The zero-order valence-electron chi connectivity index (χ0n) is 17.2. The highest BCUT2D eigenvalue weighted by atomic mass is 19.1. The van der Waals surface area contributed by atoms with Gasteiger partial charge in [0.25, 0.3) is 0 Å². The van der Waals surface area contributed by atoms with Crippen LogP contribution in [0.15, 0.2) is 60.9 Å². The van der Waals surface area contributed by atoms with E-state index in [0.29, 0.717) is 35.4 Å². The summed E-state index contributed by atoms with van der Waals surface area (Å²) in [6.07, 6.45) is 3.45. The minimum Gasteiger partial charge on any atom is -0.491 e. The summed E-state index contributed by atoms with van der Waals surface area (Å²) in [5, 5.41) is 3.97. The van der Waals surface area contributed by atoms with Crippen molar-refractivity contribution in [3.05, 3.63) is 66.7 Å². The fraction of sp³-hybridized carbons (Fsp3) is 0.208. The molecular formula is C24H23FN4O. The summed E-state index contributed by atoms with van der Waals surface area (Å²) in [6.45, 7) is 4.73. The third kappa shape index (κ3) is 4.08. The Bertz CT molecular complexity index is 1180. The number of fused-ring (bicyclic) bond motifs is 1. The summed E-state index contributed by atoms with van der Waals surface area (Å²) in [5.41, 5.74) is 3.13. The Hall–Kier alpha value is -3.54. The van der Waals surface area contributed by atoms with Gasteiger partial charge in [0, 0.05) is 30.4 Å². The van der Waals surface area contributed by atoms with E-state index >= 15 is 0 Å². The SMILES string of the molecule is CNc1nc(-c2cccnc2)nc2c(OCC(C)C)cc(-c3cccc(F)c3)cc12. The smallest absolute Gasteiger partial charge is 0.163 e. The van der Waals surface area contributed by atoms with Gasteiger partial charge >= 0.3 is 0 Å². The van der Waals surface area contributed by atoms with Crippen molar-refractivity contribution in [2.45, 2.75) is 13.8 Å². The lowest BCUT2D eigenvalue weighted by molar-refractivity contribution is 0.273. The van der Waals surface area contributed by atoms with Gasteiger partial charge in [-0.25, -0.2) is 14.4 Å². The number of ether oxygens (including phenoxy) is 1. The van der Waals surface area contributed by atoms with Gasteiger partial charge < -0.3 is 10.1 Å². The van der Waals surface area contributed by atoms with Crippen LogP contribution in [0.4, 0.5) is 10.2 Å². The fourth-order valence-corrected chi connectivity index (χ4v) is 3.22. The molecule has 2 aromatic heterocycles. The van der Waals surface area contributed by atoms with Crippen LogP contribution in [0.2, 0.25) is 0 Å². The largest absolute Gasteiger partial charge is 0.491 e. The van der Waals surface area contributed by atoms with Gasteiger partial charge in [0.1, 0.15) is 22.9 Å². The van der Waals surface area contributed by atoms with Gasteiger partial charge in [0.2, 0.25) is 0 Å². The third-order valence-corrected chi connectivity index (χ3v) is 4.65. The summed E-state index contributed by atoms with van der Waals surface area (Å²) in [7, 11) is 1.82. The quantitative estimate of drug-likeness (QED) is 0.457. The van der Waals surface area contributed by atoms with Crippen LogP contribution in [0.5, 0.6) is 5.75 Å². The Morgan fingerprint density at radius 2 is 1.83 bits per heavy atom. The zero-order chi connectivity index (χ0) is 21.1. The van der Waals surface area contributed by atoms with Crippen LogP contribution in [-0.2, 0) is 0 Å². The van der Waals surface area contributed by atoms with Gasteiger partial charge in [-0.15, -0.1) is 0 Å². The fourth-order valence-electron chi connectivity index (χ4n) is 3.22. The lowest BCUT2D eigenvalue weighted by atomic mass is 10.0. The Balaban J connectivity index is 1.95. The molecule has 30 heavy (non-hydrogen) atoms. The molecule has 0 aliphatic rings. The molecule has 0 atom stereocenters. The van der Waals surface area contributed by atoms with Gasteiger partial charge in [-0.05, 0) is 53.4 Å². The van der Waals surface area contributed by atoms with E-state index in [0.717, 1.165) is 22.1 Å². The maximum absolute atomic E-state index is 13.8. The number of halogens is 1. The van der Waals surface area contributed by atoms with Crippen molar-refractivity contribution in [2.24, 2.45) is 5.92 Å². The molecule has 0 fully saturated rings. The van der Waals surface area contributed by atoms with Gasteiger partial charge in [-0.2, -0.15) is 0 Å². The van der Waals surface area contributed by atoms with Crippen LogP contribution in [0.3, 0.4) is 0 Å². The Labute approximate surface area is 175 Å². The molecular weight excluding hydrogens is 379 g/mol. The van der Waals surface area contributed by atoms with E-state index in [1.54, 1.807) is 18.5 Å². The highest BCUT2D eigenvalue weighted by Gasteiger charge is 2.16. The van der Waals surface area contributed by atoms with Crippen molar-refractivity contribution in [1.82, 2.24) is 15.0 Å². The summed E-state index contributed by atoms with van der Waals surface area (Å²) < 4.78 is 20.0. The second-order valence-electron chi connectivity index (χ2n) is 7.47. The molecule has 2 aromatic carbocycles. The van der Waals surface area contributed by atoms with E-state index in [9.17, 15) is 4.39 Å². The Kier molecular flexibility index (Phi) is 5.57. The monoisotopic (exact) mass is 402 g/mol. The average molecular weight is 402 g/mol. The van der Waals surface area contributed by atoms with Gasteiger partial charge in [0.05, 0.1) is 6.61 Å². The molecule has 0 saturated heterocycles. The van der Waals surface area contributed by atoms with Crippen LogP contribution in [0, 0.1) is 11.7 Å². The second-order valence-corrected chi connectivity index (χ2v) is 7.47. The number of aromatic nitrogens is 3. The number of nitrogens with zero attached hydrogens (tertiary/aromatic N) is 3. The van der Waals surface area contributed by atoms with Crippen molar-refractivity contribution < 1.29 is 9.13 Å². The first-order chi connectivity index (χ1) is 14.5. The van der Waals surface area contributed by atoms with Crippen molar-refractivity contribution >= 4 is 16.7 Å². The first-order valence-corrected chi connectivity index (χ1v) is 9.88. The number of pyridine rings is 1. The van der Waals surface area contributed by atoms with E-state index in [1.165, 1.54) is 12.1 Å². The average Bonchev–Trinajstić information content (AvgIpc) is 2.77. The Morgan fingerprint density at radius 1 is 1.00 bits per heavy atom. The first-order valence-electron chi connectivity index (χ1n) is 9.88. The molecule has 0 aliphatic carbocycles. The lowest BCUT2D eigenvalue weighted by Crippen LogP contribution is -2.07. The molecule has 0 spiro atoms. The molecule has 0 unspecified atom stereocenters. The molecule has 1 N–H and O–H groups in total. The molecule has 0 saturated carbocycles. The van der Waals surface area contributed by atoms with Crippen molar-refractivity contribution in [3.8, 4) is 28.3 Å². The van der Waals surface area contributed by atoms with E-state index in [4.69, 9.17) is 9.72 Å². The van der Waals surface area contributed by atoms with Crippen LogP contribution < -0.4 is 10.1 Å². The number of hydrogen-bond donors (Lipinski definition) is 1. The summed E-state index contributed by atoms with van der Waals surface area (Å²) in [6, 6.07) is 14.2. The molecule has 152 valence electrons. The lowest BCUT2D eigenvalue weighted by Gasteiger charge is -2.16. The molecule has 6 heteroatoms. The maximum Gasteiger partial charge on any atom is 0.163 e. The summed E-state index contributed by atoms with van der Waals surface area (Å²) in [4.78, 5) is 13.7. The highest BCUT2D eigenvalue weighted by Crippen LogP contribution is 2.36. The van der Waals surface area contributed by atoms with E-state index in [1.807, 2.05) is 37.4 Å². The first kappa shape index (κ1) is 19.8. The van der Waals surface area contributed by atoms with Crippen molar-refractivity contribution in [2.75, 3.05) is 19.0 Å². The van der Waals surface area contributed by atoms with Crippen LogP contribution in [0.25, 0.3) is 33.4 Å². The molecule has 5 nitrogen and oxygen atoms in total. The number of anilines is 1. The molecule has 0 bridgehead atoms. The predicted octanol–water partition coefficient (Wildman–Crippen LogP) is 5.57. The molecule has 4 aromatic rings. The molecule has 4 rings (SSSR count). The highest BCUT2D eigenvalue weighted by molar-refractivity contribution is 5.97. The minimum atomic E-state index is -0.283. The van der Waals surface area contributed by atoms with Crippen LogP contribution in [0.1, 0.15) is 13.8 Å². The van der Waals surface area contributed by atoms with Crippen LogP contribution >= 0.6 is 0 Å². The minimum absolute atomic E-state index is 0.283.